The second-order valence-electron chi connectivity index (χ2n) is 4.84. The average molecular weight is 261 g/mol. The van der Waals surface area contributed by atoms with Gasteiger partial charge in [0.25, 0.3) is 11.8 Å². The highest BCUT2D eigenvalue weighted by Gasteiger charge is 2.44. The van der Waals surface area contributed by atoms with Crippen molar-refractivity contribution >= 4 is 23.4 Å². The Morgan fingerprint density at radius 1 is 1.21 bits per heavy atom. The zero-order valence-electron chi connectivity index (χ0n) is 10.7. The van der Waals surface area contributed by atoms with E-state index in [1.165, 1.54) is 6.07 Å². The van der Waals surface area contributed by atoms with Crippen molar-refractivity contribution in [3.63, 3.8) is 0 Å². The van der Waals surface area contributed by atoms with Crippen molar-refractivity contribution in [2.45, 2.75) is 19.9 Å². The summed E-state index contributed by atoms with van der Waals surface area (Å²) in [7, 11) is 0. The number of primary amides is 1. The van der Waals surface area contributed by atoms with E-state index in [0.717, 1.165) is 4.90 Å². The van der Waals surface area contributed by atoms with Gasteiger partial charge in [0.1, 0.15) is 6.04 Å². The van der Waals surface area contributed by atoms with Gasteiger partial charge in [-0.15, -0.1) is 0 Å². The number of benzene rings is 1. The van der Waals surface area contributed by atoms with Crippen molar-refractivity contribution in [2.24, 2.45) is 11.7 Å². The van der Waals surface area contributed by atoms with Crippen molar-refractivity contribution in [3.05, 3.63) is 29.3 Å². The predicted octanol–water partition coefficient (Wildman–Crippen LogP) is 0.375. The van der Waals surface area contributed by atoms with E-state index in [9.17, 15) is 14.4 Å². The molecule has 3 amide bonds. The lowest BCUT2D eigenvalue weighted by molar-refractivity contribution is -0.123. The molecule has 6 heteroatoms. The van der Waals surface area contributed by atoms with Crippen molar-refractivity contribution in [1.29, 1.82) is 0 Å². The normalized spacial score (nSPS) is 15.8. The number of anilines is 1. The van der Waals surface area contributed by atoms with Gasteiger partial charge in [-0.3, -0.25) is 19.3 Å². The first kappa shape index (κ1) is 13.1. The molecule has 0 fully saturated rings. The average Bonchev–Trinajstić information content (AvgIpc) is 2.55. The third-order valence-corrected chi connectivity index (χ3v) is 3.18. The lowest BCUT2D eigenvalue weighted by atomic mass is 10.0. The molecule has 0 aromatic heterocycles. The smallest absolute Gasteiger partial charge is 0.264 e. The van der Waals surface area contributed by atoms with E-state index < -0.39 is 23.8 Å². The quantitative estimate of drug-likeness (QED) is 0.605. The van der Waals surface area contributed by atoms with Crippen LogP contribution in [0.1, 0.15) is 34.6 Å². The van der Waals surface area contributed by atoms with Crippen LogP contribution >= 0.6 is 0 Å². The van der Waals surface area contributed by atoms with Crippen LogP contribution in [0, 0.1) is 5.92 Å². The Kier molecular flexibility index (Phi) is 3.01. The number of amides is 3. The van der Waals surface area contributed by atoms with Crippen LogP contribution in [0.2, 0.25) is 0 Å². The molecule has 1 heterocycles. The molecule has 0 saturated carbocycles. The van der Waals surface area contributed by atoms with Crippen LogP contribution in [-0.2, 0) is 4.79 Å². The number of hydrogen-bond acceptors (Lipinski definition) is 4. The summed E-state index contributed by atoms with van der Waals surface area (Å²) in [6.45, 7) is 3.45. The minimum Gasteiger partial charge on any atom is -0.398 e. The fourth-order valence-electron chi connectivity index (χ4n) is 2.34. The van der Waals surface area contributed by atoms with Gasteiger partial charge in [-0.1, -0.05) is 19.9 Å². The fraction of sp³-hybridized carbons (Fsp3) is 0.308. The topological polar surface area (TPSA) is 106 Å². The molecule has 0 aliphatic carbocycles. The number of carbonyl (C=O) groups is 3. The number of imide groups is 1. The Morgan fingerprint density at radius 3 is 2.32 bits per heavy atom. The van der Waals surface area contributed by atoms with Crippen LogP contribution in [0.25, 0.3) is 0 Å². The maximum atomic E-state index is 12.3. The summed E-state index contributed by atoms with van der Waals surface area (Å²) >= 11 is 0. The van der Waals surface area contributed by atoms with E-state index in [1.807, 2.05) is 0 Å². The van der Waals surface area contributed by atoms with Gasteiger partial charge in [-0.2, -0.15) is 0 Å². The molecular weight excluding hydrogens is 246 g/mol. The summed E-state index contributed by atoms with van der Waals surface area (Å²) in [5.74, 6) is -2.05. The summed E-state index contributed by atoms with van der Waals surface area (Å²) in [5.41, 5.74) is 11.6. The van der Waals surface area contributed by atoms with Crippen LogP contribution in [0.5, 0.6) is 0 Å². The van der Waals surface area contributed by atoms with Gasteiger partial charge < -0.3 is 11.5 Å². The van der Waals surface area contributed by atoms with E-state index in [-0.39, 0.29) is 22.7 Å². The second-order valence-corrected chi connectivity index (χ2v) is 4.84. The van der Waals surface area contributed by atoms with Crippen LogP contribution in [-0.4, -0.2) is 28.7 Å². The molecule has 1 atom stereocenters. The van der Waals surface area contributed by atoms with E-state index in [0.29, 0.717) is 0 Å². The molecule has 0 bridgehead atoms. The third-order valence-electron chi connectivity index (χ3n) is 3.18. The van der Waals surface area contributed by atoms with Gasteiger partial charge in [0.2, 0.25) is 5.91 Å². The molecule has 2 rings (SSSR count). The van der Waals surface area contributed by atoms with E-state index in [4.69, 9.17) is 11.5 Å². The van der Waals surface area contributed by atoms with Crippen molar-refractivity contribution < 1.29 is 14.4 Å². The predicted molar refractivity (Wildman–Crippen MR) is 69.2 cm³/mol. The van der Waals surface area contributed by atoms with Crippen molar-refractivity contribution in [2.75, 3.05) is 5.73 Å². The highest BCUT2D eigenvalue weighted by Crippen LogP contribution is 2.30. The SMILES string of the molecule is CC(C)C(C(N)=O)N1C(=O)c2cccc(N)c2C1=O. The molecule has 19 heavy (non-hydrogen) atoms. The molecule has 1 aliphatic heterocycles. The summed E-state index contributed by atoms with van der Waals surface area (Å²) in [6.07, 6.45) is 0. The van der Waals surface area contributed by atoms with E-state index in [1.54, 1.807) is 26.0 Å². The molecule has 100 valence electrons. The van der Waals surface area contributed by atoms with Gasteiger partial charge in [0, 0.05) is 5.69 Å². The lowest BCUT2D eigenvalue weighted by Crippen LogP contribution is -2.50. The number of rotatable bonds is 3. The molecule has 1 aliphatic rings. The number of fused-ring (bicyclic) bond motifs is 1. The third kappa shape index (κ3) is 1.85. The van der Waals surface area contributed by atoms with Crippen molar-refractivity contribution in [1.82, 2.24) is 4.90 Å². The van der Waals surface area contributed by atoms with Gasteiger partial charge in [-0.05, 0) is 18.1 Å². The van der Waals surface area contributed by atoms with Gasteiger partial charge >= 0.3 is 0 Å². The molecule has 0 saturated heterocycles. The molecule has 1 unspecified atom stereocenters. The molecule has 0 radical (unpaired) electrons. The molecular formula is C13H15N3O3. The Balaban J connectivity index is 2.54. The monoisotopic (exact) mass is 261 g/mol. The second kappa shape index (κ2) is 4.38. The molecule has 1 aromatic carbocycles. The zero-order chi connectivity index (χ0) is 14.3. The Bertz CT molecular complexity index is 580. The highest BCUT2D eigenvalue weighted by atomic mass is 16.2. The van der Waals surface area contributed by atoms with Crippen LogP contribution in [0.3, 0.4) is 0 Å². The number of hydrogen-bond donors (Lipinski definition) is 2. The Hall–Kier alpha value is -2.37. The number of nitrogen functional groups attached to an aromatic ring is 1. The van der Waals surface area contributed by atoms with Crippen LogP contribution in [0.15, 0.2) is 18.2 Å². The maximum Gasteiger partial charge on any atom is 0.264 e. The minimum absolute atomic E-state index is 0.152. The summed E-state index contributed by atoms with van der Waals surface area (Å²) < 4.78 is 0. The minimum atomic E-state index is -0.966. The summed E-state index contributed by atoms with van der Waals surface area (Å²) in [5, 5.41) is 0. The number of carbonyl (C=O) groups excluding carboxylic acids is 3. The standard InChI is InChI=1S/C13H15N3O3/c1-6(2)10(11(15)17)16-12(18)7-4-3-5-8(14)9(7)13(16)19/h3-6,10H,14H2,1-2H3,(H2,15,17). The number of nitrogens with two attached hydrogens (primary N) is 2. The molecule has 1 aromatic rings. The molecule has 4 N–H and O–H groups in total. The largest absolute Gasteiger partial charge is 0.398 e. The van der Waals surface area contributed by atoms with Gasteiger partial charge in [0.05, 0.1) is 11.1 Å². The summed E-state index contributed by atoms with van der Waals surface area (Å²) in [4.78, 5) is 37.0. The van der Waals surface area contributed by atoms with Gasteiger partial charge in [-0.25, -0.2) is 0 Å². The van der Waals surface area contributed by atoms with Gasteiger partial charge in [0.15, 0.2) is 0 Å². The Labute approximate surface area is 110 Å². The Morgan fingerprint density at radius 2 is 1.84 bits per heavy atom. The molecule has 6 nitrogen and oxygen atoms in total. The first-order valence-corrected chi connectivity index (χ1v) is 5.92. The zero-order valence-corrected chi connectivity index (χ0v) is 10.7. The maximum absolute atomic E-state index is 12.3. The lowest BCUT2D eigenvalue weighted by Gasteiger charge is -2.26. The van der Waals surface area contributed by atoms with Crippen molar-refractivity contribution in [3.8, 4) is 0 Å². The van der Waals surface area contributed by atoms with E-state index in [2.05, 4.69) is 0 Å². The highest BCUT2D eigenvalue weighted by molar-refractivity contribution is 6.24. The molecule has 0 spiro atoms. The van der Waals surface area contributed by atoms with Crippen LogP contribution < -0.4 is 11.5 Å². The first-order chi connectivity index (χ1) is 8.86. The van der Waals surface area contributed by atoms with E-state index >= 15 is 0 Å². The first-order valence-electron chi connectivity index (χ1n) is 5.92. The summed E-state index contributed by atoms with van der Waals surface area (Å²) in [6, 6.07) is 3.69. The van der Waals surface area contributed by atoms with Crippen LogP contribution in [0.4, 0.5) is 5.69 Å². The number of nitrogens with zero attached hydrogens (tertiary/aromatic N) is 1. The fourth-order valence-corrected chi connectivity index (χ4v) is 2.34.